The number of hydrogen-bond acceptors (Lipinski definition) is 4. The highest BCUT2D eigenvalue weighted by Crippen LogP contribution is 2.27. The van der Waals surface area contributed by atoms with Gasteiger partial charge >= 0.3 is 0 Å². The van der Waals surface area contributed by atoms with E-state index in [1.54, 1.807) is 24.6 Å². The Balaban J connectivity index is 2.31. The maximum Gasteiger partial charge on any atom is 0.277 e. The zero-order valence-electron chi connectivity index (χ0n) is 9.98. The Morgan fingerprint density at radius 3 is 2.78 bits per heavy atom. The van der Waals surface area contributed by atoms with E-state index < -0.39 is 0 Å². The van der Waals surface area contributed by atoms with Gasteiger partial charge in [0.15, 0.2) is 0 Å². The molecule has 1 heterocycles. The van der Waals surface area contributed by atoms with Gasteiger partial charge in [-0.15, -0.1) is 11.3 Å². The molecule has 0 atom stereocenters. The van der Waals surface area contributed by atoms with E-state index in [1.807, 2.05) is 13.0 Å². The van der Waals surface area contributed by atoms with Gasteiger partial charge in [-0.3, -0.25) is 4.79 Å². The zero-order chi connectivity index (χ0) is 13.3. The largest absolute Gasteiger partial charge is 0.397 e. The molecule has 2 aromatic rings. The summed E-state index contributed by atoms with van der Waals surface area (Å²) in [5.74, 6) is -0.159. The van der Waals surface area contributed by atoms with Gasteiger partial charge in [0.25, 0.3) is 5.91 Å². The summed E-state index contributed by atoms with van der Waals surface area (Å²) in [5.41, 5.74) is 7.57. The number of hydrogen-bond donors (Lipinski definition) is 1. The van der Waals surface area contributed by atoms with Crippen LogP contribution in [0, 0.1) is 6.92 Å². The third kappa shape index (κ3) is 2.54. The molecule has 0 saturated heterocycles. The van der Waals surface area contributed by atoms with Crippen molar-refractivity contribution in [1.29, 1.82) is 0 Å². The first-order valence-electron chi connectivity index (χ1n) is 5.24. The van der Waals surface area contributed by atoms with Crippen molar-refractivity contribution in [3.8, 4) is 0 Å². The molecule has 2 N–H and O–H groups in total. The molecule has 0 saturated carbocycles. The van der Waals surface area contributed by atoms with Crippen molar-refractivity contribution < 1.29 is 4.79 Å². The molecule has 0 radical (unpaired) electrons. The van der Waals surface area contributed by atoms with Crippen molar-refractivity contribution in [3.63, 3.8) is 0 Å². The number of rotatable bonds is 2. The van der Waals surface area contributed by atoms with Crippen molar-refractivity contribution in [2.75, 3.05) is 17.7 Å². The number of benzene rings is 1. The summed E-state index contributed by atoms with van der Waals surface area (Å²) < 4.78 is 0.883. The minimum Gasteiger partial charge on any atom is -0.397 e. The van der Waals surface area contributed by atoms with Gasteiger partial charge in [0.2, 0.25) is 0 Å². The second kappa shape index (κ2) is 5.07. The summed E-state index contributed by atoms with van der Waals surface area (Å²) in [6.45, 7) is 1.87. The van der Waals surface area contributed by atoms with E-state index in [2.05, 4.69) is 20.9 Å². The highest BCUT2D eigenvalue weighted by molar-refractivity contribution is 9.10. The topological polar surface area (TPSA) is 59.2 Å². The van der Waals surface area contributed by atoms with Crippen LogP contribution >= 0.6 is 27.3 Å². The maximum absolute atomic E-state index is 12.2. The Bertz CT molecular complexity index is 597. The first-order valence-corrected chi connectivity index (χ1v) is 6.91. The van der Waals surface area contributed by atoms with Gasteiger partial charge in [-0.1, -0.05) is 15.9 Å². The molecule has 0 fully saturated rings. The number of carbonyl (C=O) groups is 1. The second-order valence-corrected chi connectivity index (χ2v) is 5.80. The number of thiazole rings is 1. The Kier molecular flexibility index (Phi) is 3.68. The number of nitrogen functional groups attached to an aromatic ring is 1. The van der Waals surface area contributed by atoms with E-state index in [0.717, 1.165) is 9.48 Å². The smallest absolute Gasteiger partial charge is 0.277 e. The molecule has 2 rings (SSSR count). The van der Waals surface area contributed by atoms with Crippen LogP contribution < -0.4 is 10.6 Å². The quantitative estimate of drug-likeness (QED) is 0.863. The fourth-order valence-corrected chi connectivity index (χ4v) is 2.54. The normalized spacial score (nSPS) is 10.4. The van der Waals surface area contributed by atoms with Gasteiger partial charge < -0.3 is 10.6 Å². The zero-order valence-corrected chi connectivity index (χ0v) is 12.4. The van der Waals surface area contributed by atoms with Gasteiger partial charge in [0, 0.05) is 16.9 Å². The molecule has 0 unspecified atom stereocenters. The van der Waals surface area contributed by atoms with Crippen LogP contribution in [0.4, 0.5) is 11.4 Å². The number of halogens is 1. The maximum atomic E-state index is 12.2. The lowest BCUT2D eigenvalue weighted by atomic mass is 10.2. The average molecular weight is 326 g/mol. The highest BCUT2D eigenvalue weighted by Gasteiger charge is 2.17. The minimum atomic E-state index is -0.159. The molecule has 4 nitrogen and oxygen atoms in total. The lowest BCUT2D eigenvalue weighted by Gasteiger charge is -2.18. The lowest BCUT2D eigenvalue weighted by Crippen LogP contribution is -2.27. The van der Waals surface area contributed by atoms with Crippen LogP contribution in [0.3, 0.4) is 0 Å². The fourth-order valence-electron chi connectivity index (χ4n) is 1.57. The van der Waals surface area contributed by atoms with Gasteiger partial charge in [-0.25, -0.2) is 4.98 Å². The van der Waals surface area contributed by atoms with E-state index >= 15 is 0 Å². The summed E-state index contributed by atoms with van der Waals surface area (Å²) in [6.07, 6.45) is 0. The van der Waals surface area contributed by atoms with Crippen LogP contribution in [0.1, 0.15) is 15.5 Å². The Morgan fingerprint density at radius 2 is 2.22 bits per heavy atom. The SMILES string of the molecule is Cc1nc(C(=O)N(C)c2ccc(Br)cc2N)cs1. The van der Waals surface area contributed by atoms with Crippen LogP contribution in [0.25, 0.3) is 0 Å². The molecule has 0 aliphatic heterocycles. The summed E-state index contributed by atoms with van der Waals surface area (Å²) >= 11 is 4.79. The average Bonchev–Trinajstić information content (AvgIpc) is 2.74. The molecule has 94 valence electrons. The third-order valence-electron chi connectivity index (χ3n) is 2.49. The predicted molar refractivity (Wildman–Crippen MR) is 78.1 cm³/mol. The number of aromatic nitrogens is 1. The fraction of sp³-hybridized carbons (Fsp3) is 0.167. The van der Waals surface area contributed by atoms with Crippen molar-refractivity contribution in [3.05, 3.63) is 38.8 Å². The molecule has 0 aliphatic rings. The first kappa shape index (κ1) is 13.0. The monoisotopic (exact) mass is 325 g/mol. The number of nitrogens with two attached hydrogens (primary N) is 1. The Hall–Kier alpha value is -1.40. The van der Waals surface area contributed by atoms with E-state index in [4.69, 9.17) is 5.73 Å². The number of nitrogens with zero attached hydrogens (tertiary/aromatic N) is 2. The summed E-state index contributed by atoms with van der Waals surface area (Å²) in [6, 6.07) is 5.42. The van der Waals surface area contributed by atoms with E-state index in [9.17, 15) is 4.79 Å². The van der Waals surface area contributed by atoms with Crippen molar-refractivity contribution in [2.24, 2.45) is 0 Å². The molecule has 1 aromatic heterocycles. The van der Waals surface area contributed by atoms with E-state index in [1.165, 1.54) is 16.2 Å². The Morgan fingerprint density at radius 1 is 1.50 bits per heavy atom. The summed E-state index contributed by atoms with van der Waals surface area (Å²) in [5, 5.41) is 2.62. The molecule has 0 bridgehead atoms. The number of aryl methyl sites for hydroxylation is 1. The molecule has 6 heteroatoms. The molecular formula is C12H12BrN3OS. The van der Waals surface area contributed by atoms with Crippen molar-refractivity contribution >= 4 is 44.5 Å². The summed E-state index contributed by atoms with van der Waals surface area (Å²) in [7, 11) is 1.69. The van der Waals surface area contributed by atoms with Crippen LogP contribution in [-0.4, -0.2) is 17.9 Å². The molecular weight excluding hydrogens is 314 g/mol. The van der Waals surface area contributed by atoms with Gasteiger partial charge in [0.05, 0.1) is 16.4 Å². The molecule has 0 spiro atoms. The number of anilines is 2. The van der Waals surface area contributed by atoms with Gasteiger partial charge in [0.1, 0.15) is 5.69 Å². The van der Waals surface area contributed by atoms with Crippen LogP contribution in [0.15, 0.2) is 28.1 Å². The standard InChI is InChI=1S/C12H12BrN3OS/c1-7-15-10(6-18-7)12(17)16(2)11-4-3-8(13)5-9(11)14/h3-6H,14H2,1-2H3. The molecule has 1 aromatic carbocycles. The third-order valence-corrected chi connectivity index (χ3v) is 3.76. The first-order chi connectivity index (χ1) is 8.49. The Labute approximate surface area is 118 Å². The minimum absolute atomic E-state index is 0.159. The highest BCUT2D eigenvalue weighted by atomic mass is 79.9. The van der Waals surface area contributed by atoms with Crippen LogP contribution in [0.2, 0.25) is 0 Å². The molecule has 18 heavy (non-hydrogen) atoms. The molecule has 0 aliphatic carbocycles. The lowest BCUT2D eigenvalue weighted by molar-refractivity contribution is 0.0989. The van der Waals surface area contributed by atoms with Crippen molar-refractivity contribution in [1.82, 2.24) is 4.98 Å². The number of amides is 1. The van der Waals surface area contributed by atoms with Crippen LogP contribution in [-0.2, 0) is 0 Å². The number of carbonyl (C=O) groups excluding carboxylic acids is 1. The van der Waals surface area contributed by atoms with Gasteiger partial charge in [-0.05, 0) is 25.1 Å². The van der Waals surface area contributed by atoms with E-state index in [-0.39, 0.29) is 5.91 Å². The van der Waals surface area contributed by atoms with Crippen molar-refractivity contribution in [2.45, 2.75) is 6.92 Å². The summed E-state index contributed by atoms with van der Waals surface area (Å²) in [4.78, 5) is 17.9. The van der Waals surface area contributed by atoms with Crippen LogP contribution in [0.5, 0.6) is 0 Å². The second-order valence-electron chi connectivity index (χ2n) is 3.82. The molecule has 1 amide bonds. The van der Waals surface area contributed by atoms with Gasteiger partial charge in [-0.2, -0.15) is 0 Å². The predicted octanol–water partition coefficient (Wildman–Crippen LogP) is 3.07. The van der Waals surface area contributed by atoms with E-state index in [0.29, 0.717) is 17.1 Å².